The Morgan fingerprint density at radius 1 is 1.13 bits per heavy atom. The first-order valence-electron chi connectivity index (χ1n) is 7.52. The molecule has 0 aliphatic rings. The molecule has 4 nitrogen and oxygen atoms in total. The summed E-state index contributed by atoms with van der Waals surface area (Å²) in [5, 5.41) is 14.0. The van der Waals surface area contributed by atoms with E-state index in [-0.39, 0.29) is 12.6 Å². The average molecular weight is 336 g/mol. The molecule has 2 unspecified atom stereocenters. The Bertz CT molecular complexity index is 621. The predicted molar refractivity (Wildman–Crippen MR) is 92.4 cm³/mol. The van der Waals surface area contributed by atoms with E-state index in [1.54, 1.807) is 13.2 Å². The van der Waals surface area contributed by atoms with E-state index in [4.69, 9.17) is 21.1 Å². The third-order valence-corrected chi connectivity index (χ3v) is 3.73. The summed E-state index contributed by atoms with van der Waals surface area (Å²) in [6.07, 6.45) is -0.608. The van der Waals surface area contributed by atoms with Gasteiger partial charge in [0.2, 0.25) is 0 Å². The van der Waals surface area contributed by atoms with Crippen molar-refractivity contribution in [1.82, 2.24) is 5.32 Å². The summed E-state index contributed by atoms with van der Waals surface area (Å²) in [6, 6.07) is 15.1. The number of ether oxygens (including phenoxy) is 2. The Morgan fingerprint density at radius 2 is 1.87 bits per heavy atom. The molecule has 5 heteroatoms. The van der Waals surface area contributed by atoms with Crippen LogP contribution in [0.25, 0.3) is 0 Å². The predicted octanol–water partition coefficient (Wildman–Crippen LogP) is 3.44. The molecule has 0 amide bonds. The number of hydrogen-bond acceptors (Lipinski definition) is 4. The summed E-state index contributed by atoms with van der Waals surface area (Å²) in [5.41, 5.74) is 1.08. The lowest BCUT2D eigenvalue weighted by molar-refractivity contribution is 0.104. The second-order valence-electron chi connectivity index (χ2n) is 5.33. The fourth-order valence-electron chi connectivity index (χ4n) is 2.15. The summed E-state index contributed by atoms with van der Waals surface area (Å²) < 4.78 is 10.7. The van der Waals surface area contributed by atoms with Gasteiger partial charge in [-0.25, -0.2) is 0 Å². The maximum Gasteiger partial charge on any atom is 0.123 e. The van der Waals surface area contributed by atoms with Crippen molar-refractivity contribution in [3.63, 3.8) is 0 Å². The van der Waals surface area contributed by atoms with Gasteiger partial charge in [-0.2, -0.15) is 0 Å². The molecule has 2 N–H and O–H groups in total. The van der Waals surface area contributed by atoms with Gasteiger partial charge in [0.05, 0.1) is 7.11 Å². The molecule has 0 saturated carbocycles. The number of aliphatic hydroxyl groups excluding tert-OH is 1. The highest BCUT2D eigenvalue weighted by atomic mass is 35.5. The zero-order chi connectivity index (χ0) is 16.7. The second kappa shape index (κ2) is 8.77. The third-order valence-electron chi connectivity index (χ3n) is 3.49. The van der Waals surface area contributed by atoms with Gasteiger partial charge in [-0.15, -0.1) is 0 Å². The lowest BCUT2D eigenvalue weighted by Gasteiger charge is -2.18. The molecule has 0 aliphatic heterocycles. The Hall–Kier alpha value is -1.75. The van der Waals surface area contributed by atoms with Crippen molar-refractivity contribution < 1.29 is 14.6 Å². The quantitative estimate of drug-likeness (QED) is 0.776. The van der Waals surface area contributed by atoms with E-state index < -0.39 is 6.10 Å². The molecule has 2 aromatic rings. The summed E-state index contributed by atoms with van der Waals surface area (Å²) >= 11 is 5.99. The topological polar surface area (TPSA) is 50.7 Å². The number of methoxy groups -OCH3 is 1. The number of nitrogens with one attached hydrogen (secondary N) is 1. The van der Waals surface area contributed by atoms with Gasteiger partial charge in [0.25, 0.3) is 0 Å². The van der Waals surface area contributed by atoms with Gasteiger partial charge in [-0.1, -0.05) is 29.8 Å². The van der Waals surface area contributed by atoms with Gasteiger partial charge in [0.15, 0.2) is 0 Å². The van der Waals surface area contributed by atoms with Crippen molar-refractivity contribution in [2.75, 3.05) is 20.3 Å². The highest BCUT2D eigenvalue weighted by molar-refractivity contribution is 6.30. The molecule has 0 heterocycles. The van der Waals surface area contributed by atoms with Gasteiger partial charge in [-0.05, 0) is 36.8 Å². The molecule has 0 radical (unpaired) electrons. The van der Waals surface area contributed by atoms with E-state index in [1.165, 1.54) is 0 Å². The molecular weight excluding hydrogens is 314 g/mol. The maximum absolute atomic E-state index is 10.0. The lowest BCUT2D eigenvalue weighted by Crippen LogP contribution is -2.33. The Labute approximate surface area is 142 Å². The molecule has 2 rings (SSSR count). The van der Waals surface area contributed by atoms with Gasteiger partial charge < -0.3 is 19.9 Å². The van der Waals surface area contributed by atoms with Gasteiger partial charge in [0.1, 0.15) is 24.2 Å². The van der Waals surface area contributed by atoms with Crippen LogP contribution >= 0.6 is 11.6 Å². The molecule has 23 heavy (non-hydrogen) atoms. The van der Waals surface area contributed by atoms with E-state index in [1.807, 2.05) is 49.4 Å². The Balaban J connectivity index is 1.77. The minimum Gasteiger partial charge on any atom is -0.497 e. The number of rotatable bonds is 8. The summed E-state index contributed by atoms with van der Waals surface area (Å²) in [4.78, 5) is 0. The monoisotopic (exact) mass is 335 g/mol. The molecular formula is C18H22ClNO3. The SMILES string of the molecule is COc1cccc(OCC(O)CNC(C)c2cccc(Cl)c2)c1. The molecule has 124 valence electrons. The zero-order valence-electron chi connectivity index (χ0n) is 13.3. The Morgan fingerprint density at radius 3 is 2.61 bits per heavy atom. The highest BCUT2D eigenvalue weighted by Gasteiger charge is 2.10. The Kier molecular flexibility index (Phi) is 6.71. The van der Waals surface area contributed by atoms with Crippen LogP contribution in [0.4, 0.5) is 0 Å². The maximum atomic E-state index is 10.0. The van der Waals surface area contributed by atoms with Crippen molar-refractivity contribution in [3.05, 3.63) is 59.1 Å². The fourth-order valence-corrected chi connectivity index (χ4v) is 2.35. The van der Waals surface area contributed by atoms with E-state index in [9.17, 15) is 5.11 Å². The summed E-state index contributed by atoms with van der Waals surface area (Å²) in [5.74, 6) is 1.40. The molecule has 2 atom stereocenters. The number of benzene rings is 2. The van der Waals surface area contributed by atoms with Crippen molar-refractivity contribution in [2.24, 2.45) is 0 Å². The van der Waals surface area contributed by atoms with Gasteiger partial charge in [0, 0.05) is 23.7 Å². The number of hydrogen-bond donors (Lipinski definition) is 2. The van der Waals surface area contributed by atoms with E-state index in [0.29, 0.717) is 17.3 Å². The molecule has 0 spiro atoms. The molecule has 0 bridgehead atoms. The smallest absolute Gasteiger partial charge is 0.123 e. The summed E-state index contributed by atoms with van der Waals surface area (Å²) in [6.45, 7) is 2.67. The van der Waals surface area contributed by atoms with E-state index in [2.05, 4.69) is 5.32 Å². The van der Waals surface area contributed by atoms with Crippen LogP contribution in [0.5, 0.6) is 11.5 Å². The van der Waals surface area contributed by atoms with E-state index in [0.717, 1.165) is 11.3 Å². The van der Waals surface area contributed by atoms with Crippen LogP contribution in [0.1, 0.15) is 18.5 Å². The largest absolute Gasteiger partial charge is 0.497 e. The first kappa shape index (κ1) is 17.6. The first-order chi connectivity index (χ1) is 11.1. The molecule has 0 aromatic heterocycles. The van der Waals surface area contributed by atoms with Crippen molar-refractivity contribution in [3.8, 4) is 11.5 Å². The van der Waals surface area contributed by atoms with E-state index >= 15 is 0 Å². The molecule has 2 aromatic carbocycles. The van der Waals surface area contributed by atoms with Crippen molar-refractivity contribution >= 4 is 11.6 Å². The minimum absolute atomic E-state index is 0.0974. The second-order valence-corrected chi connectivity index (χ2v) is 5.77. The van der Waals surface area contributed by atoms with Crippen LogP contribution in [0.2, 0.25) is 5.02 Å². The average Bonchev–Trinajstić information content (AvgIpc) is 2.58. The molecule has 0 saturated heterocycles. The van der Waals surface area contributed by atoms with Gasteiger partial charge >= 0.3 is 0 Å². The fraction of sp³-hybridized carbons (Fsp3) is 0.333. The van der Waals surface area contributed by atoms with Crippen LogP contribution in [0, 0.1) is 0 Å². The number of halogens is 1. The van der Waals surface area contributed by atoms with Crippen LogP contribution in [0.15, 0.2) is 48.5 Å². The normalized spacial score (nSPS) is 13.4. The lowest BCUT2D eigenvalue weighted by atomic mass is 10.1. The molecule has 0 fully saturated rings. The van der Waals surface area contributed by atoms with Crippen molar-refractivity contribution in [1.29, 1.82) is 0 Å². The van der Waals surface area contributed by atoms with Crippen LogP contribution in [-0.4, -0.2) is 31.5 Å². The van der Waals surface area contributed by atoms with Crippen LogP contribution < -0.4 is 14.8 Å². The van der Waals surface area contributed by atoms with Crippen molar-refractivity contribution in [2.45, 2.75) is 19.1 Å². The third kappa shape index (κ3) is 5.75. The van der Waals surface area contributed by atoms with Gasteiger partial charge in [-0.3, -0.25) is 0 Å². The minimum atomic E-state index is -0.608. The van der Waals surface area contributed by atoms with Crippen LogP contribution in [-0.2, 0) is 0 Å². The van der Waals surface area contributed by atoms with Crippen LogP contribution in [0.3, 0.4) is 0 Å². The zero-order valence-corrected chi connectivity index (χ0v) is 14.1. The standard InChI is InChI=1S/C18H22ClNO3/c1-13(14-5-3-6-15(19)9-14)20-11-16(21)12-23-18-8-4-7-17(10-18)22-2/h3-10,13,16,20-21H,11-12H2,1-2H3. The molecule has 0 aliphatic carbocycles. The number of aliphatic hydroxyl groups is 1. The first-order valence-corrected chi connectivity index (χ1v) is 7.90. The summed E-state index contributed by atoms with van der Waals surface area (Å²) in [7, 11) is 1.61. The highest BCUT2D eigenvalue weighted by Crippen LogP contribution is 2.19.